The molecule has 2 aliphatic heterocycles. The summed E-state index contributed by atoms with van der Waals surface area (Å²) < 4.78 is 30.8. The van der Waals surface area contributed by atoms with Crippen LogP contribution in [0.3, 0.4) is 0 Å². The molecule has 0 saturated carbocycles. The fraction of sp³-hybridized carbons (Fsp3) is 0.654. The van der Waals surface area contributed by atoms with Crippen molar-refractivity contribution < 1.29 is 37.4 Å². The monoisotopic (exact) mass is 536 g/mol. The number of esters is 2. The molecule has 0 bridgehead atoms. The van der Waals surface area contributed by atoms with E-state index in [0.29, 0.717) is 0 Å². The summed E-state index contributed by atoms with van der Waals surface area (Å²) in [6.07, 6.45) is -4.66. The Morgan fingerprint density at radius 3 is 2.05 bits per heavy atom. The number of fused-ring (bicyclic) bond motifs is 1. The molecule has 11 heteroatoms. The number of carbonyl (C=O) groups excluding carboxylic acids is 3. The molecule has 3 rings (SSSR count). The van der Waals surface area contributed by atoms with Crippen LogP contribution in [-0.2, 0) is 39.2 Å². The highest BCUT2D eigenvalue weighted by Gasteiger charge is 2.65. The van der Waals surface area contributed by atoms with E-state index in [0.717, 1.165) is 5.56 Å². The molecule has 0 unspecified atom stereocenters. The first-order valence-corrected chi connectivity index (χ1v) is 14.4. The smallest absolute Gasteiger partial charge is 0.349 e. The predicted molar refractivity (Wildman–Crippen MR) is 138 cm³/mol. The van der Waals surface area contributed by atoms with Crippen LogP contribution in [-0.4, -0.2) is 63.8 Å². The van der Waals surface area contributed by atoms with E-state index in [2.05, 4.69) is 52.2 Å². The van der Waals surface area contributed by atoms with E-state index in [1.165, 1.54) is 13.8 Å². The number of nitrogens with one attached hydrogen (secondary N) is 2. The van der Waals surface area contributed by atoms with Gasteiger partial charge in [0.05, 0.1) is 6.61 Å². The molecule has 2 fully saturated rings. The quantitative estimate of drug-likeness (QED) is 0.433. The zero-order valence-electron chi connectivity index (χ0n) is 23.0. The highest BCUT2D eigenvalue weighted by molar-refractivity contribution is 6.73. The average Bonchev–Trinajstić information content (AvgIpc) is 2.78. The SMILES string of the molecule is CC(=O)O[C@H]1[C@@H]2O[Si](C(C)(C)C)(C(C)(C)C)OC[C@H]2O[C@H](NC(=O)NCc2ccccc2)[C@H]1OC(C)=O. The fourth-order valence-electron chi connectivity index (χ4n) is 5.25. The number of benzene rings is 1. The van der Waals surface area contributed by atoms with Crippen molar-refractivity contribution in [2.45, 2.75) is 103 Å². The van der Waals surface area contributed by atoms with Gasteiger partial charge in [-0.1, -0.05) is 71.9 Å². The van der Waals surface area contributed by atoms with Crippen LogP contribution in [0.25, 0.3) is 0 Å². The molecule has 0 aliphatic carbocycles. The third kappa shape index (κ3) is 6.51. The highest BCUT2D eigenvalue weighted by atomic mass is 28.4. The minimum atomic E-state index is -2.97. The molecule has 0 aromatic heterocycles. The van der Waals surface area contributed by atoms with E-state index in [1.807, 2.05) is 30.3 Å². The van der Waals surface area contributed by atoms with Crippen molar-refractivity contribution in [1.82, 2.24) is 10.6 Å². The zero-order valence-corrected chi connectivity index (χ0v) is 24.0. The third-order valence-corrected chi connectivity index (χ3v) is 11.7. The number of ether oxygens (including phenoxy) is 3. The lowest BCUT2D eigenvalue weighted by molar-refractivity contribution is -0.259. The Balaban J connectivity index is 1.89. The molecular weight excluding hydrogens is 496 g/mol. The summed E-state index contributed by atoms with van der Waals surface area (Å²) >= 11 is 0. The summed E-state index contributed by atoms with van der Waals surface area (Å²) in [7, 11) is -2.97. The van der Waals surface area contributed by atoms with Gasteiger partial charge in [-0.05, 0) is 5.56 Å². The van der Waals surface area contributed by atoms with Gasteiger partial charge < -0.3 is 33.7 Å². The summed E-state index contributed by atoms with van der Waals surface area (Å²) in [6, 6.07) is 8.88. The van der Waals surface area contributed by atoms with Gasteiger partial charge in [-0.25, -0.2) is 4.79 Å². The molecule has 206 valence electrons. The second kappa shape index (κ2) is 11.1. The molecule has 5 atom stereocenters. The number of amides is 2. The van der Waals surface area contributed by atoms with Crippen molar-refractivity contribution >= 4 is 26.5 Å². The Labute approximate surface area is 219 Å². The Morgan fingerprint density at radius 1 is 0.946 bits per heavy atom. The van der Waals surface area contributed by atoms with E-state index < -0.39 is 57.2 Å². The van der Waals surface area contributed by atoms with Gasteiger partial charge in [0.15, 0.2) is 18.4 Å². The first kappa shape index (κ1) is 29.1. The van der Waals surface area contributed by atoms with Crippen LogP contribution < -0.4 is 10.6 Å². The van der Waals surface area contributed by atoms with Crippen molar-refractivity contribution in [2.75, 3.05) is 6.61 Å². The molecular formula is C26H40N2O8Si. The lowest BCUT2D eigenvalue weighted by Gasteiger charge is -2.57. The number of rotatable bonds is 5. The number of hydrogen-bond donors (Lipinski definition) is 2. The summed E-state index contributed by atoms with van der Waals surface area (Å²) in [6.45, 7) is 15.4. The zero-order chi connectivity index (χ0) is 27.6. The van der Waals surface area contributed by atoms with E-state index in [1.54, 1.807) is 0 Å². The number of hydrogen-bond acceptors (Lipinski definition) is 8. The molecule has 2 N–H and O–H groups in total. The minimum Gasteiger partial charge on any atom is -0.456 e. The van der Waals surface area contributed by atoms with E-state index >= 15 is 0 Å². The molecule has 2 aliphatic rings. The molecule has 2 saturated heterocycles. The summed E-state index contributed by atoms with van der Waals surface area (Å²) in [5.74, 6) is -1.17. The minimum absolute atomic E-state index is 0.180. The maximum absolute atomic E-state index is 12.8. The van der Waals surface area contributed by atoms with Gasteiger partial charge in [-0.2, -0.15) is 0 Å². The van der Waals surface area contributed by atoms with Crippen LogP contribution in [0.2, 0.25) is 10.1 Å². The van der Waals surface area contributed by atoms with Gasteiger partial charge in [0, 0.05) is 30.5 Å². The number of carbonyl (C=O) groups is 3. The van der Waals surface area contributed by atoms with Crippen molar-refractivity contribution in [3.63, 3.8) is 0 Å². The Kier molecular flexibility index (Phi) is 8.73. The van der Waals surface area contributed by atoms with Crippen molar-refractivity contribution in [3.8, 4) is 0 Å². The normalized spacial score (nSPS) is 27.4. The van der Waals surface area contributed by atoms with Gasteiger partial charge in [0.1, 0.15) is 12.2 Å². The first-order chi connectivity index (χ1) is 17.1. The molecule has 1 aromatic rings. The summed E-state index contributed by atoms with van der Waals surface area (Å²) in [5, 5.41) is 4.82. The molecule has 0 radical (unpaired) electrons. The summed E-state index contributed by atoms with van der Waals surface area (Å²) in [4.78, 5) is 37.0. The van der Waals surface area contributed by atoms with E-state index in [-0.39, 0.29) is 23.2 Å². The second-order valence-corrected chi connectivity index (χ2v) is 16.3. The average molecular weight is 537 g/mol. The van der Waals surface area contributed by atoms with Gasteiger partial charge in [0.2, 0.25) is 0 Å². The molecule has 0 spiro atoms. The van der Waals surface area contributed by atoms with Crippen molar-refractivity contribution in [3.05, 3.63) is 35.9 Å². The highest BCUT2D eigenvalue weighted by Crippen LogP contribution is 2.55. The van der Waals surface area contributed by atoms with Crippen LogP contribution in [0.1, 0.15) is 61.0 Å². The van der Waals surface area contributed by atoms with Crippen LogP contribution in [0.15, 0.2) is 30.3 Å². The lowest BCUT2D eigenvalue weighted by Crippen LogP contribution is -2.73. The second-order valence-electron chi connectivity index (χ2n) is 11.6. The number of urea groups is 1. The van der Waals surface area contributed by atoms with Crippen LogP contribution in [0, 0.1) is 0 Å². The molecule has 2 amide bonds. The maximum Gasteiger partial charge on any atom is 0.349 e. The molecule has 37 heavy (non-hydrogen) atoms. The van der Waals surface area contributed by atoms with E-state index in [4.69, 9.17) is 23.1 Å². The van der Waals surface area contributed by atoms with Crippen LogP contribution in [0.5, 0.6) is 0 Å². The molecule has 1 aromatic carbocycles. The van der Waals surface area contributed by atoms with Gasteiger partial charge in [0.25, 0.3) is 0 Å². The van der Waals surface area contributed by atoms with Gasteiger partial charge >= 0.3 is 26.5 Å². The maximum atomic E-state index is 12.8. The van der Waals surface area contributed by atoms with Gasteiger partial charge in [-0.15, -0.1) is 0 Å². The summed E-state index contributed by atoms with van der Waals surface area (Å²) in [5.41, 5.74) is 0.913. The van der Waals surface area contributed by atoms with Crippen molar-refractivity contribution in [1.29, 1.82) is 0 Å². The Hall–Kier alpha value is -2.47. The van der Waals surface area contributed by atoms with Gasteiger partial charge in [-0.3, -0.25) is 9.59 Å². The Bertz CT molecular complexity index is 961. The largest absolute Gasteiger partial charge is 0.456 e. The van der Waals surface area contributed by atoms with Crippen LogP contribution >= 0.6 is 0 Å². The molecule has 10 nitrogen and oxygen atoms in total. The standard InChI is InChI=1S/C26H40N2O8Si/c1-16(29)33-21-20-19(15-32-37(36-20,25(3,4)5)26(6,7)8)35-23(22(21)34-17(2)30)28-24(31)27-14-18-12-10-9-11-13-18/h9-13,19-23H,14-15H2,1-8H3,(H2,27,28,31)/t19-,20-,21+,22+,23+/m1/s1. The lowest BCUT2D eigenvalue weighted by atomic mass is 9.97. The van der Waals surface area contributed by atoms with E-state index in [9.17, 15) is 14.4 Å². The topological polar surface area (TPSA) is 121 Å². The Morgan fingerprint density at radius 2 is 1.51 bits per heavy atom. The predicted octanol–water partition coefficient (Wildman–Crippen LogP) is 3.53. The third-order valence-electron chi connectivity index (χ3n) is 6.53. The van der Waals surface area contributed by atoms with Crippen molar-refractivity contribution in [2.24, 2.45) is 0 Å². The van der Waals surface area contributed by atoms with Crippen LogP contribution in [0.4, 0.5) is 4.79 Å². The fourth-order valence-corrected chi connectivity index (χ4v) is 10.2. The first-order valence-electron chi connectivity index (χ1n) is 12.5. The molecule has 2 heterocycles.